The van der Waals surface area contributed by atoms with Crippen molar-refractivity contribution in [3.05, 3.63) is 28.8 Å². The highest BCUT2D eigenvalue weighted by Gasteiger charge is 2.33. The summed E-state index contributed by atoms with van der Waals surface area (Å²) < 4.78 is 38.5. The summed E-state index contributed by atoms with van der Waals surface area (Å²) >= 11 is 10.9. The van der Waals surface area contributed by atoms with Crippen LogP contribution in [0.25, 0.3) is 0 Å². The molecule has 0 bridgehead atoms. The van der Waals surface area contributed by atoms with Gasteiger partial charge in [-0.05, 0) is 56.6 Å². The number of nitrogens with one attached hydrogen (secondary N) is 1. The van der Waals surface area contributed by atoms with E-state index in [9.17, 15) is 13.2 Å². The van der Waals surface area contributed by atoms with E-state index in [1.54, 1.807) is 0 Å². The predicted octanol–water partition coefficient (Wildman–Crippen LogP) is 4.93. The van der Waals surface area contributed by atoms with Crippen molar-refractivity contribution in [2.24, 2.45) is 0 Å². The lowest BCUT2D eigenvalue weighted by atomic mass is 10.0. The molecular formula is C14H16ClF3N2S. The fourth-order valence-corrected chi connectivity index (χ4v) is 3.03. The quantitative estimate of drug-likeness (QED) is 0.732. The minimum atomic E-state index is -4.48. The number of benzene rings is 1. The van der Waals surface area contributed by atoms with Gasteiger partial charge in [-0.3, -0.25) is 0 Å². The van der Waals surface area contributed by atoms with E-state index < -0.39 is 11.7 Å². The summed E-state index contributed by atoms with van der Waals surface area (Å²) in [4.78, 5) is 2.01. The van der Waals surface area contributed by atoms with Crippen LogP contribution in [-0.4, -0.2) is 22.6 Å². The summed E-state index contributed by atoms with van der Waals surface area (Å²) in [5.41, 5.74) is -0.557. The van der Waals surface area contributed by atoms with E-state index in [-0.39, 0.29) is 5.02 Å². The van der Waals surface area contributed by atoms with Crippen molar-refractivity contribution in [2.75, 3.05) is 11.9 Å². The molecule has 1 heterocycles. The van der Waals surface area contributed by atoms with Gasteiger partial charge >= 0.3 is 6.18 Å². The summed E-state index contributed by atoms with van der Waals surface area (Å²) in [6.07, 6.45) is -1.24. The van der Waals surface area contributed by atoms with Gasteiger partial charge in [-0.25, -0.2) is 0 Å². The Morgan fingerprint density at radius 3 is 2.71 bits per heavy atom. The third-order valence-corrected chi connectivity index (χ3v) is 4.25. The molecule has 0 aromatic heterocycles. The van der Waals surface area contributed by atoms with E-state index in [0.29, 0.717) is 16.8 Å². The van der Waals surface area contributed by atoms with Crippen LogP contribution >= 0.6 is 23.8 Å². The fraction of sp³-hybridized carbons (Fsp3) is 0.500. The second-order valence-electron chi connectivity index (χ2n) is 5.16. The molecule has 116 valence electrons. The van der Waals surface area contributed by atoms with Gasteiger partial charge in [0.05, 0.1) is 10.6 Å². The molecule has 2 nitrogen and oxygen atoms in total. The van der Waals surface area contributed by atoms with Crippen molar-refractivity contribution in [1.82, 2.24) is 4.90 Å². The lowest BCUT2D eigenvalue weighted by Gasteiger charge is -2.35. The third-order valence-electron chi connectivity index (χ3n) is 3.59. The van der Waals surface area contributed by atoms with Crippen LogP contribution in [0.5, 0.6) is 0 Å². The van der Waals surface area contributed by atoms with Gasteiger partial charge in [-0.2, -0.15) is 13.2 Å². The molecule has 1 aliphatic heterocycles. The summed E-state index contributed by atoms with van der Waals surface area (Å²) in [6, 6.07) is 4.02. The molecule has 7 heteroatoms. The highest BCUT2D eigenvalue weighted by molar-refractivity contribution is 7.80. The molecule has 1 unspecified atom stereocenters. The van der Waals surface area contributed by atoms with Gasteiger partial charge in [-0.1, -0.05) is 11.6 Å². The number of hydrogen-bond donors (Lipinski definition) is 1. The number of hydrogen-bond acceptors (Lipinski definition) is 1. The molecule has 1 aromatic rings. The first-order valence-corrected chi connectivity index (χ1v) is 7.52. The van der Waals surface area contributed by atoms with E-state index in [1.807, 2.05) is 4.90 Å². The van der Waals surface area contributed by atoms with Crippen molar-refractivity contribution in [2.45, 2.75) is 38.4 Å². The second kappa shape index (κ2) is 6.40. The van der Waals surface area contributed by atoms with Crippen LogP contribution in [0.15, 0.2) is 18.2 Å². The molecule has 2 rings (SSSR count). The van der Waals surface area contributed by atoms with Gasteiger partial charge < -0.3 is 10.2 Å². The SMILES string of the molecule is CC1CCCCN1C(=S)Nc1ccc(Cl)c(C(F)(F)F)c1. The topological polar surface area (TPSA) is 15.3 Å². The molecule has 1 fully saturated rings. The second-order valence-corrected chi connectivity index (χ2v) is 5.95. The van der Waals surface area contributed by atoms with Crippen molar-refractivity contribution in [3.63, 3.8) is 0 Å². The number of alkyl halides is 3. The lowest BCUT2D eigenvalue weighted by Crippen LogP contribution is -2.44. The molecule has 0 aliphatic carbocycles. The Kier molecular flexibility index (Phi) is 4.99. The van der Waals surface area contributed by atoms with Crippen LogP contribution in [0, 0.1) is 0 Å². The van der Waals surface area contributed by atoms with Crippen LogP contribution in [0.4, 0.5) is 18.9 Å². The van der Waals surface area contributed by atoms with E-state index >= 15 is 0 Å². The largest absolute Gasteiger partial charge is 0.417 e. The van der Waals surface area contributed by atoms with Crippen molar-refractivity contribution < 1.29 is 13.2 Å². The van der Waals surface area contributed by atoms with Gasteiger partial charge in [0.2, 0.25) is 0 Å². The molecule has 1 aliphatic rings. The van der Waals surface area contributed by atoms with Crippen LogP contribution in [-0.2, 0) is 6.18 Å². The zero-order chi connectivity index (χ0) is 15.6. The van der Waals surface area contributed by atoms with Gasteiger partial charge in [0.25, 0.3) is 0 Å². The minimum absolute atomic E-state index is 0.299. The van der Waals surface area contributed by atoms with Gasteiger partial charge in [0.15, 0.2) is 5.11 Å². The highest BCUT2D eigenvalue weighted by Crippen LogP contribution is 2.36. The molecule has 1 N–H and O–H groups in total. The van der Waals surface area contributed by atoms with Crippen molar-refractivity contribution in [1.29, 1.82) is 0 Å². The molecule has 1 saturated heterocycles. The molecular weight excluding hydrogens is 321 g/mol. The monoisotopic (exact) mass is 336 g/mol. The maximum atomic E-state index is 12.8. The molecule has 0 amide bonds. The van der Waals surface area contributed by atoms with E-state index in [0.717, 1.165) is 31.9 Å². The van der Waals surface area contributed by atoms with Crippen molar-refractivity contribution in [3.8, 4) is 0 Å². The summed E-state index contributed by atoms with van der Waals surface area (Å²) in [6.45, 7) is 2.89. The zero-order valence-electron chi connectivity index (χ0n) is 11.5. The summed E-state index contributed by atoms with van der Waals surface area (Å²) in [7, 11) is 0. The first-order valence-electron chi connectivity index (χ1n) is 6.73. The summed E-state index contributed by atoms with van der Waals surface area (Å²) in [5.74, 6) is 0. The Hall–Kier alpha value is -1.01. The zero-order valence-corrected chi connectivity index (χ0v) is 13.1. The number of anilines is 1. The Labute approximate surface area is 132 Å². The number of likely N-dealkylation sites (tertiary alicyclic amines) is 1. The normalized spacial score (nSPS) is 19.5. The highest BCUT2D eigenvalue weighted by atomic mass is 35.5. The van der Waals surface area contributed by atoms with Crippen LogP contribution in [0.1, 0.15) is 31.7 Å². The molecule has 0 radical (unpaired) electrons. The first-order chi connectivity index (χ1) is 9.79. The smallest absolute Gasteiger partial charge is 0.346 e. The number of thiocarbonyl (C=S) groups is 1. The molecule has 0 saturated carbocycles. The number of nitrogens with zero attached hydrogens (tertiary/aromatic N) is 1. The maximum absolute atomic E-state index is 12.8. The third kappa shape index (κ3) is 4.01. The van der Waals surface area contributed by atoms with Gasteiger partial charge in [0, 0.05) is 18.3 Å². The Bertz CT molecular complexity index is 533. The fourth-order valence-electron chi connectivity index (χ4n) is 2.42. The molecule has 0 spiro atoms. The number of halogens is 4. The minimum Gasteiger partial charge on any atom is -0.346 e. The van der Waals surface area contributed by atoms with E-state index in [2.05, 4.69) is 12.2 Å². The summed E-state index contributed by atoms with van der Waals surface area (Å²) in [5, 5.41) is 3.02. The lowest BCUT2D eigenvalue weighted by molar-refractivity contribution is -0.137. The predicted molar refractivity (Wildman–Crippen MR) is 82.7 cm³/mol. The Morgan fingerprint density at radius 2 is 2.10 bits per heavy atom. The molecule has 1 atom stereocenters. The van der Waals surface area contributed by atoms with Crippen LogP contribution in [0.2, 0.25) is 5.02 Å². The van der Waals surface area contributed by atoms with E-state index in [1.165, 1.54) is 12.1 Å². The standard InChI is InChI=1S/C14H16ClF3N2S/c1-9-4-2-3-7-20(9)13(21)19-10-5-6-12(15)11(8-10)14(16,17)18/h5-6,8-9H,2-4,7H2,1H3,(H,19,21). The maximum Gasteiger partial charge on any atom is 0.417 e. The van der Waals surface area contributed by atoms with Gasteiger partial charge in [-0.15, -0.1) is 0 Å². The molecule has 1 aromatic carbocycles. The number of piperidine rings is 1. The van der Waals surface area contributed by atoms with Crippen LogP contribution < -0.4 is 5.32 Å². The van der Waals surface area contributed by atoms with Gasteiger partial charge in [0.1, 0.15) is 0 Å². The first kappa shape index (κ1) is 16.4. The van der Waals surface area contributed by atoms with E-state index in [4.69, 9.17) is 23.8 Å². The molecule has 21 heavy (non-hydrogen) atoms. The Morgan fingerprint density at radius 1 is 1.38 bits per heavy atom. The van der Waals surface area contributed by atoms with Crippen LogP contribution in [0.3, 0.4) is 0 Å². The Balaban J connectivity index is 2.14. The average molecular weight is 337 g/mol. The van der Waals surface area contributed by atoms with Crippen molar-refractivity contribution >= 4 is 34.6 Å². The number of rotatable bonds is 1. The average Bonchev–Trinajstić information content (AvgIpc) is 2.40.